The Morgan fingerprint density at radius 3 is 2.40 bits per heavy atom. The van der Waals surface area contributed by atoms with Gasteiger partial charge < -0.3 is 4.84 Å². The Hall–Kier alpha value is -3.54. The van der Waals surface area contributed by atoms with Gasteiger partial charge >= 0.3 is 5.97 Å². The minimum absolute atomic E-state index is 0.219. The molecule has 0 bridgehead atoms. The Morgan fingerprint density at radius 2 is 1.72 bits per heavy atom. The van der Waals surface area contributed by atoms with Crippen molar-refractivity contribution in [2.24, 2.45) is 0 Å². The van der Waals surface area contributed by atoms with Gasteiger partial charge in [-0.1, -0.05) is 23.3 Å². The van der Waals surface area contributed by atoms with Gasteiger partial charge in [-0.3, -0.25) is 14.6 Å². The van der Waals surface area contributed by atoms with Crippen LogP contribution in [0.15, 0.2) is 54.9 Å². The summed E-state index contributed by atoms with van der Waals surface area (Å²) in [4.78, 5) is 46.4. The van der Waals surface area contributed by atoms with E-state index in [1.807, 2.05) is 13.0 Å². The largest absolute Gasteiger partial charge is 0.364 e. The van der Waals surface area contributed by atoms with Crippen LogP contribution in [-0.4, -0.2) is 27.8 Å². The number of aryl methyl sites for hydroxylation is 1. The smallest absolute Gasteiger partial charge is 0.324 e. The monoisotopic (exact) mass is 332 g/mol. The van der Waals surface area contributed by atoms with E-state index in [1.165, 1.54) is 12.1 Å². The Balaban J connectivity index is 1.70. The van der Waals surface area contributed by atoms with E-state index in [-0.39, 0.29) is 16.7 Å². The van der Waals surface area contributed by atoms with Crippen molar-refractivity contribution in [2.45, 2.75) is 6.92 Å². The molecule has 0 spiro atoms. The number of fused-ring (bicyclic) bond motifs is 2. The first kappa shape index (κ1) is 15.0. The maximum absolute atomic E-state index is 12.6. The van der Waals surface area contributed by atoms with Crippen molar-refractivity contribution in [3.63, 3.8) is 0 Å². The first-order valence-corrected chi connectivity index (χ1v) is 7.61. The van der Waals surface area contributed by atoms with Gasteiger partial charge in [-0.2, -0.15) is 0 Å². The first-order chi connectivity index (χ1) is 12.1. The molecule has 0 atom stereocenters. The zero-order chi connectivity index (χ0) is 17.6. The highest BCUT2D eigenvalue weighted by Gasteiger charge is 2.39. The minimum Gasteiger partial charge on any atom is -0.324 e. The number of imide groups is 1. The lowest BCUT2D eigenvalue weighted by atomic mass is 10.0. The molecule has 1 aliphatic heterocycles. The number of carbonyl (C=O) groups excluding carboxylic acids is 3. The molecule has 122 valence electrons. The van der Waals surface area contributed by atoms with E-state index in [4.69, 9.17) is 4.84 Å². The normalized spacial score (nSPS) is 13.2. The standard InChI is InChI=1S/C19H12N2O4/c1-11-8-12-6-7-20-10-16(12)15(9-11)19(24)25-21-17(22)13-4-2-3-5-14(13)18(21)23/h2-10H,1H3. The van der Waals surface area contributed by atoms with E-state index < -0.39 is 17.8 Å². The number of hydroxylamine groups is 2. The molecule has 0 N–H and O–H groups in total. The maximum atomic E-state index is 12.6. The number of hydrogen-bond acceptors (Lipinski definition) is 5. The topological polar surface area (TPSA) is 76.6 Å². The zero-order valence-corrected chi connectivity index (χ0v) is 13.2. The Kier molecular flexibility index (Phi) is 3.32. The highest BCUT2D eigenvalue weighted by atomic mass is 16.7. The van der Waals surface area contributed by atoms with E-state index in [0.29, 0.717) is 10.4 Å². The molecule has 0 saturated heterocycles. The zero-order valence-electron chi connectivity index (χ0n) is 13.2. The quantitative estimate of drug-likeness (QED) is 0.674. The van der Waals surface area contributed by atoms with Gasteiger partial charge in [0.1, 0.15) is 0 Å². The van der Waals surface area contributed by atoms with Crippen molar-refractivity contribution in [3.05, 3.63) is 77.1 Å². The minimum atomic E-state index is -0.781. The molecular formula is C19H12N2O4. The molecule has 0 radical (unpaired) electrons. The van der Waals surface area contributed by atoms with Crippen LogP contribution in [0.25, 0.3) is 10.8 Å². The second-order valence-electron chi connectivity index (χ2n) is 5.74. The molecule has 6 heteroatoms. The lowest BCUT2D eigenvalue weighted by Gasteiger charge is -2.14. The average molecular weight is 332 g/mol. The number of rotatable bonds is 2. The Morgan fingerprint density at radius 1 is 1.04 bits per heavy atom. The van der Waals surface area contributed by atoms with E-state index in [1.54, 1.807) is 36.7 Å². The van der Waals surface area contributed by atoms with Crippen LogP contribution in [0.3, 0.4) is 0 Å². The van der Waals surface area contributed by atoms with Gasteiger partial charge in [0.25, 0.3) is 11.8 Å². The van der Waals surface area contributed by atoms with E-state index >= 15 is 0 Å². The fraction of sp³-hybridized carbons (Fsp3) is 0.0526. The van der Waals surface area contributed by atoms with Crippen LogP contribution < -0.4 is 0 Å². The number of carbonyl (C=O) groups is 3. The lowest BCUT2D eigenvalue weighted by molar-refractivity contribution is -0.0583. The van der Waals surface area contributed by atoms with E-state index in [0.717, 1.165) is 10.9 Å². The molecule has 3 aromatic rings. The van der Waals surface area contributed by atoms with Crippen molar-refractivity contribution in [1.82, 2.24) is 10.0 Å². The number of amides is 2. The number of pyridine rings is 1. The van der Waals surface area contributed by atoms with Crippen molar-refractivity contribution in [2.75, 3.05) is 0 Å². The molecule has 2 heterocycles. The second-order valence-corrected chi connectivity index (χ2v) is 5.74. The molecule has 2 aromatic carbocycles. The van der Waals surface area contributed by atoms with Crippen LogP contribution in [0.2, 0.25) is 0 Å². The SMILES string of the molecule is Cc1cc(C(=O)ON2C(=O)c3ccccc3C2=O)c2cnccc2c1. The van der Waals surface area contributed by atoms with E-state index in [2.05, 4.69) is 4.98 Å². The third kappa shape index (κ3) is 2.35. The summed E-state index contributed by atoms with van der Waals surface area (Å²) in [6.07, 6.45) is 3.18. The number of benzene rings is 2. The molecule has 4 rings (SSSR count). The molecule has 6 nitrogen and oxygen atoms in total. The van der Waals surface area contributed by atoms with Gasteiger partial charge in [-0.15, -0.1) is 0 Å². The molecule has 0 unspecified atom stereocenters. The number of hydrogen-bond donors (Lipinski definition) is 0. The molecule has 2 amide bonds. The highest BCUT2D eigenvalue weighted by Crippen LogP contribution is 2.25. The predicted octanol–water partition coefficient (Wildman–Crippen LogP) is 2.91. The van der Waals surface area contributed by atoms with Crippen LogP contribution >= 0.6 is 0 Å². The molecule has 0 fully saturated rings. The summed E-state index contributed by atoms with van der Waals surface area (Å²) in [5.74, 6) is -2.08. The van der Waals surface area contributed by atoms with Gasteiger partial charge in [0.05, 0.1) is 16.7 Å². The summed E-state index contributed by atoms with van der Waals surface area (Å²) in [6.45, 7) is 1.85. The van der Waals surface area contributed by atoms with Crippen LogP contribution in [0.5, 0.6) is 0 Å². The summed E-state index contributed by atoms with van der Waals surface area (Å²) >= 11 is 0. The van der Waals surface area contributed by atoms with Crippen molar-refractivity contribution in [1.29, 1.82) is 0 Å². The third-order valence-electron chi connectivity index (χ3n) is 4.05. The van der Waals surface area contributed by atoms with Gasteiger partial charge in [0.15, 0.2) is 0 Å². The summed E-state index contributed by atoms with van der Waals surface area (Å²) in [6, 6.07) is 11.7. The molecule has 1 aromatic heterocycles. The summed E-state index contributed by atoms with van der Waals surface area (Å²) in [5, 5.41) is 1.93. The summed E-state index contributed by atoms with van der Waals surface area (Å²) < 4.78 is 0. The van der Waals surface area contributed by atoms with Gasteiger partial charge in [0, 0.05) is 17.8 Å². The summed E-state index contributed by atoms with van der Waals surface area (Å²) in [5.41, 5.74) is 1.54. The van der Waals surface area contributed by atoms with Crippen molar-refractivity contribution >= 4 is 28.6 Å². The third-order valence-corrected chi connectivity index (χ3v) is 4.05. The molecule has 25 heavy (non-hydrogen) atoms. The average Bonchev–Trinajstić information content (AvgIpc) is 2.86. The lowest BCUT2D eigenvalue weighted by Crippen LogP contribution is -2.32. The maximum Gasteiger partial charge on any atom is 0.364 e. The molecule has 0 saturated carbocycles. The van der Waals surface area contributed by atoms with Gasteiger partial charge in [-0.25, -0.2) is 4.79 Å². The first-order valence-electron chi connectivity index (χ1n) is 7.61. The van der Waals surface area contributed by atoms with E-state index in [9.17, 15) is 14.4 Å². The fourth-order valence-corrected chi connectivity index (χ4v) is 2.90. The summed E-state index contributed by atoms with van der Waals surface area (Å²) in [7, 11) is 0. The molecule has 0 aliphatic carbocycles. The van der Waals surface area contributed by atoms with Crippen LogP contribution in [0.1, 0.15) is 36.6 Å². The van der Waals surface area contributed by atoms with Gasteiger partial charge in [-0.05, 0) is 42.1 Å². The van der Waals surface area contributed by atoms with Crippen molar-refractivity contribution < 1.29 is 19.2 Å². The van der Waals surface area contributed by atoms with Gasteiger partial charge in [0.2, 0.25) is 0 Å². The highest BCUT2D eigenvalue weighted by molar-refractivity contribution is 6.21. The predicted molar refractivity (Wildman–Crippen MR) is 88.8 cm³/mol. The van der Waals surface area contributed by atoms with Crippen LogP contribution in [0.4, 0.5) is 0 Å². The molecule has 1 aliphatic rings. The number of aromatic nitrogens is 1. The Bertz CT molecular complexity index is 1020. The number of nitrogens with zero attached hydrogens (tertiary/aromatic N) is 2. The Labute approximate surface area is 142 Å². The fourth-order valence-electron chi connectivity index (χ4n) is 2.90. The van der Waals surface area contributed by atoms with Crippen LogP contribution in [-0.2, 0) is 4.84 Å². The van der Waals surface area contributed by atoms with Crippen molar-refractivity contribution in [3.8, 4) is 0 Å². The molecular weight excluding hydrogens is 320 g/mol. The van der Waals surface area contributed by atoms with Crippen LogP contribution in [0, 0.1) is 6.92 Å². The second kappa shape index (κ2) is 5.52.